The predicted octanol–water partition coefficient (Wildman–Crippen LogP) is 4.17. The highest BCUT2D eigenvalue weighted by molar-refractivity contribution is 7.08. The molecule has 0 saturated heterocycles. The van der Waals surface area contributed by atoms with Gasteiger partial charge in [0.25, 0.3) is 5.91 Å². The van der Waals surface area contributed by atoms with E-state index in [2.05, 4.69) is 5.32 Å². The molecule has 7 heteroatoms. The van der Waals surface area contributed by atoms with Crippen LogP contribution in [0.4, 0.5) is 5.69 Å². The average Bonchev–Trinajstić information content (AvgIpc) is 2.89. The lowest BCUT2D eigenvalue weighted by Crippen LogP contribution is -2.30. The first kappa shape index (κ1) is 16.8. The molecule has 0 aliphatic carbocycles. The first-order chi connectivity index (χ1) is 10.4. The van der Waals surface area contributed by atoms with E-state index in [9.17, 15) is 9.59 Å². The van der Waals surface area contributed by atoms with Gasteiger partial charge < -0.3 is 10.1 Å². The van der Waals surface area contributed by atoms with Crippen molar-refractivity contribution in [3.8, 4) is 0 Å². The summed E-state index contributed by atoms with van der Waals surface area (Å²) in [6.07, 6.45) is -0.770. The average molecular weight is 358 g/mol. The van der Waals surface area contributed by atoms with Crippen molar-refractivity contribution in [3.05, 3.63) is 50.6 Å². The third-order valence-electron chi connectivity index (χ3n) is 2.74. The second kappa shape index (κ2) is 7.63. The number of esters is 1. The second-order valence-corrected chi connectivity index (χ2v) is 6.24. The first-order valence-corrected chi connectivity index (χ1v) is 8.11. The number of rotatable bonds is 5. The molecule has 4 nitrogen and oxygen atoms in total. The summed E-state index contributed by atoms with van der Waals surface area (Å²) in [5.74, 6) is -0.901. The molecule has 0 saturated carbocycles. The van der Waals surface area contributed by atoms with Crippen molar-refractivity contribution in [2.75, 3.05) is 5.32 Å². The van der Waals surface area contributed by atoms with Crippen molar-refractivity contribution < 1.29 is 14.3 Å². The minimum atomic E-state index is -0.913. The van der Waals surface area contributed by atoms with Gasteiger partial charge in [-0.05, 0) is 47.5 Å². The maximum atomic E-state index is 12.0. The summed E-state index contributed by atoms with van der Waals surface area (Å²) in [6.45, 7) is 1.51. The maximum Gasteiger partial charge on any atom is 0.311 e. The highest BCUT2D eigenvalue weighted by Crippen LogP contribution is 2.22. The Morgan fingerprint density at radius 3 is 2.55 bits per heavy atom. The molecular weight excluding hydrogens is 345 g/mol. The molecule has 2 rings (SSSR count). The summed E-state index contributed by atoms with van der Waals surface area (Å²) < 4.78 is 5.11. The molecule has 1 atom stereocenters. The maximum absolute atomic E-state index is 12.0. The molecule has 22 heavy (non-hydrogen) atoms. The number of hydrogen-bond donors (Lipinski definition) is 1. The fourth-order valence-corrected chi connectivity index (χ4v) is 2.92. The van der Waals surface area contributed by atoms with Crippen molar-refractivity contribution in [1.29, 1.82) is 0 Å². The van der Waals surface area contributed by atoms with Crippen LogP contribution in [0.1, 0.15) is 12.5 Å². The van der Waals surface area contributed by atoms with Gasteiger partial charge in [-0.3, -0.25) is 9.59 Å². The van der Waals surface area contributed by atoms with Crippen LogP contribution in [0.2, 0.25) is 10.0 Å². The summed E-state index contributed by atoms with van der Waals surface area (Å²) in [5.41, 5.74) is 1.31. The van der Waals surface area contributed by atoms with Crippen LogP contribution in [0.15, 0.2) is 35.0 Å². The zero-order valence-electron chi connectivity index (χ0n) is 11.6. The number of carbonyl (C=O) groups is 2. The van der Waals surface area contributed by atoms with Crippen molar-refractivity contribution in [2.45, 2.75) is 19.4 Å². The van der Waals surface area contributed by atoms with Crippen LogP contribution in [0.5, 0.6) is 0 Å². The van der Waals surface area contributed by atoms with E-state index in [0.717, 1.165) is 5.56 Å². The van der Waals surface area contributed by atoms with E-state index in [4.69, 9.17) is 27.9 Å². The van der Waals surface area contributed by atoms with Crippen LogP contribution in [0, 0.1) is 0 Å². The van der Waals surface area contributed by atoms with Crippen molar-refractivity contribution in [2.24, 2.45) is 0 Å². The summed E-state index contributed by atoms with van der Waals surface area (Å²) in [7, 11) is 0. The summed E-state index contributed by atoms with van der Waals surface area (Å²) >= 11 is 13.2. The number of amides is 1. The van der Waals surface area contributed by atoms with E-state index >= 15 is 0 Å². The van der Waals surface area contributed by atoms with Crippen LogP contribution >= 0.6 is 34.5 Å². The SMILES string of the molecule is C[C@H](OC(=O)Cc1ccsc1)C(=O)Nc1cc(Cl)cc(Cl)c1. The molecule has 0 aliphatic rings. The molecule has 1 N–H and O–H groups in total. The van der Waals surface area contributed by atoms with Gasteiger partial charge in [-0.15, -0.1) is 0 Å². The third kappa shape index (κ3) is 5.02. The highest BCUT2D eigenvalue weighted by Gasteiger charge is 2.18. The summed E-state index contributed by atoms with van der Waals surface area (Å²) in [6, 6.07) is 6.52. The number of nitrogens with one attached hydrogen (secondary N) is 1. The van der Waals surface area contributed by atoms with Gasteiger partial charge in [-0.2, -0.15) is 11.3 Å². The smallest absolute Gasteiger partial charge is 0.311 e. The normalized spacial score (nSPS) is 11.8. The Labute approximate surface area is 142 Å². The van der Waals surface area contributed by atoms with E-state index in [0.29, 0.717) is 15.7 Å². The van der Waals surface area contributed by atoms with Crippen molar-refractivity contribution in [3.63, 3.8) is 0 Å². The van der Waals surface area contributed by atoms with Gasteiger partial charge in [0.2, 0.25) is 0 Å². The molecule has 0 unspecified atom stereocenters. The molecule has 0 aliphatic heterocycles. The van der Waals surface area contributed by atoms with E-state index in [1.54, 1.807) is 18.2 Å². The third-order valence-corrected chi connectivity index (χ3v) is 3.90. The van der Waals surface area contributed by atoms with E-state index in [1.807, 2.05) is 16.8 Å². The molecule has 1 aromatic heterocycles. The van der Waals surface area contributed by atoms with Gasteiger partial charge in [-0.1, -0.05) is 23.2 Å². The monoisotopic (exact) mass is 357 g/mol. The second-order valence-electron chi connectivity index (χ2n) is 4.59. The quantitative estimate of drug-likeness (QED) is 0.817. The Bertz CT molecular complexity index is 653. The number of carbonyl (C=O) groups excluding carboxylic acids is 2. The van der Waals surface area contributed by atoms with Gasteiger partial charge in [0.15, 0.2) is 6.10 Å². The Balaban J connectivity index is 1.90. The fraction of sp³-hybridized carbons (Fsp3) is 0.200. The molecule has 2 aromatic rings. The van der Waals surface area contributed by atoms with Gasteiger partial charge in [0, 0.05) is 15.7 Å². The van der Waals surface area contributed by atoms with Gasteiger partial charge in [0.1, 0.15) is 0 Å². The van der Waals surface area contributed by atoms with Gasteiger partial charge in [-0.25, -0.2) is 0 Å². The molecule has 1 heterocycles. The Morgan fingerprint density at radius 2 is 1.95 bits per heavy atom. The molecular formula is C15H13Cl2NO3S. The molecule has 1 aromatic carbocycles. The number of hydrogen-bond acceptors (Lipinski definition) is 4. The number of benzene rings is 1. The molecule has 0 bridgehead atoms. The standard InChI is InChI=1S/C15H13Cl2NO3S/c1-9(21-14(19)4-10-2-3-22-8-10)15(20)18-13-6-11(16)5-12(17)7-13/h2-3,5-9H,4H2,1H3,(H,18,20)/t9-/m0/s1. The largest absolute Gasteiger partial charge is 0.452 e. The summed E-state index contributed by atoms with van der Waals surface area (Å²) in [5, 5.41) is 7.16. The van der Waals surface area contributed by atoms with Crippen molar-refractivity contribution in [1.82, 2.24) is 0 Å². The van der Waals surface area contributed by atoms with E-state index < -0.39 is 18.0 Å². The predicted molar refractivity (Wildman–Crippen MR) is 88.7 cm³/mol. The van der Waals surface area contributed by atoms with Gasteiger partial charge >= 0.3 is 5.97 Å². The highest BCUT2D eigenvalue weighted by atomic mass is 35.5. The first-order valence-electron chi connectivity index (χ1n) is 6.41. The summed E-state index contributed by atoms with van der Waals surface area (Å²) in [4.78, 5) is 23.7. The van der Waals surface area contributed by atoms with E-state index in [-0.39, 0.29) is 6.42 Å². The number of ether oxygens (including phenoxy) is 1. The Hall–Kier alpha value is -1.56. The Morgan fingerprint density at radius 1 is 1.27 bits per heavy atom. The molecule has 0 fully saturated rings. The molecule has 116 valence electrons. The zero-order chi connectivity index (χ0) is 16.1. The molecule has 0 spiro atoms. The lowest BCUT2D eigenvalue weighted by molar-refractivity contribution is -0.152. The fourth-order valence-electron chi connectivity index (χ4n) is 1.72. The molecule has 1 amide bonds. The van der Waals surface area contributed by atoms with Crippen LogP contribution in [-0.2, 0) is 20.7 Å². The topological polar surface area (TPSA) is 55.4 Å². The number of anilines is 1. The minimum Gasteiger partial charge on any atom is -0.452 e. The number of halogens is 2. The zero-order valence-corrected chi connectivity index (χ0v) is 14.0. The van der Waals surface area contributed by atoms with Gasteiger partial charge in [0.05, 0.1) is 6.42 Å². The van der Waals surface area contributed by atoms with Crippen LogP contribution in [0.3, 0.4) is 0 Å². The van der Waals surface area contributed by atoms with Crippen LogP contribution < -0.4 is 5.32 Å². The van der Waals surface area contributed by atoms with E-state index in [1.165, 1.54) is 18.3 Å². The minimum absolute atomic E-state index is 0.143. The number of thiophene rings is 1. The van der Waals surface area contributed by atoms with Crippen LogP contribution in [-0.4, -0.2) is 18.0 Å². The lowest BCUT2D eigenvalue weighted by atomic mass is 10.2. The Kier molecular flexibility index (Phi) is 5.83. The molecule has 0 radical (unpaired) electrons. The van der Waals surface area contributed by atoms with Crippen LogP contribution in [0.25, 0.3) is 0 Å². The lowest BCUT2D eigenvalue weighted by Gasteiger charge is -2.13. The van der Waals surface area contributed by atoms with Crippen molar-refractivity contribution >= 4 is 52.1 Å².